The molecule has 0 aliphatic rings. The highest BCUT2D eigenvalue weighted by molar-refractivity contribution is 8.13. The first-order valence-corrected chi connectivity index (χ1v) is 11.5. The van der Waals surface area contributed by atoms with Crippen LogP contribution in [-0.2, 0) is 13.6 Å². The SMILES string of the molecule is Cn1cc(-c2n[nH]c(=O)n2-c2cn(CCCSC(=N)N)c3ccc(F)cc23)c2cc(F)ccc21. The summed E-state index contributed by atoms with van der Waals surface area (Å²) in [7, 11) is 1.83. The quantitative estimate of drug-likeness (QED) is 0.194. The number of nitrogens with one attached hydrogen (secondary N) is 2. The monoisotopic (exact) mass is 481 g/mol. The summed E-state index contributed by atoms with van der Waals surface area (Å²) >= 11 is 1.25. The van der Waals surface area contributed by atoms with Gasteiger partial charge in [-0.1, -0.05) is 11.8 Å². The average Bonchev–Trinajstić information content (AvgIpc) is 3.44. The molecule has 0 fully saturated rings. The molecule has 174 valence electrons. The number of rotatable bonds is 6. The largest absolute Gasteiger partial charge is 0.379 e. The normalized spacial score (nSPS) is 11.6. The lowest BCUT2D eigenvalue weighted by atomic mass is 10.1. The zero-order valence-corrected chi connectivity index (χ0v) is 19.0. The van der Waals surface area contributed by atoms with E-state index >= 15 is 0 Å². The Morgan fingerprint density at radius 2 is 1.82 bits per heavy atom. The molecule has 4 N–H and O–H groups in total. The van der Waals surface area contributed by atoms with Gasteiger partial charge in [0, 0.05) is 53.6 Å². The second-order valence-electron chi connectivity index (χ2n) is 7.94. The van der Waals surface area contributed by atoms with Crippen LogP contribution in [0.15, 0.2) is 53.6 Å². The molecule has 5 rings (SSSR count). The highest BCUT2D eigenvalue weighted by Gasteiger charge is 2.21. The summed E-state index contributed by atoms with van der Waals surface area (Å²) in [5, 5.41) is 15.3. The van der Waals surface area contributed by atoms with Crippen LogP contribution in [0, 0.1) is 17.0 Å². The third kappa shape index (κ3) is 3.77. The van der Waals surface area contributed by atoms with Crippen LogP contribution in [0.5, 0.6) is 0 Å². The van der Waals surface area contributed by atoms with Crippen LogP contribution in [0.2, 0.25) is 0 Å². The van der Waals surface area contributed by atoms with Gasteiger partial charge in [0.1, 0.15) is 11.6 Å². The Morgan fingerprint density at radius 3 is 2.56 bits per heavy atom. The fourth-order valence-electron chi connectivity index (χ4n) is 4.27. The molecule has 0 spiro atoms. The second-order valence-corrected chi connectivity index (χ2v) is 9.08. The zero-order valence-electron chi connectivity index (χ0n) is 18.2. The molecule has 3 heterocycles. The van der Waals surface area contributed by atoms with Gasteiger partial charge in [0.2, 0.25) is 0 Å². The van der Waals surface area contributed by atoms with E-state index in [9.17, 15) is 13.6 Å². The third-order valence-corrected chi connectivity index (χ3v) is 6.53. The van der Waals surface area contributed by atoms with Crippen molar-refractivity contribution in [3.05, 3.63) is 70.9 Å². The summed E-state index contributed by atoms with van der Waals surface area (Å²) in [5.41, 5.74) is 7.51. The first kappa shape index (κ1) is 22.0. The van der Waals surface area contributed by atoms with Crippen molar-refractivity contribution in [3.63, 3.8) is 0 Å². The maximum absolute atomic E-state index is 14.2. The lowest BCUT2D eigenvalue weighted by Gasteiger charge is -2.04. The van der Waals surface area contributed by atoms with E-state index in [1.54, 1.807) is 24.5 Å². The number of H-pyrrole nitrogens is 1. The summed E-state index contributed by atoms with van der Waals surface area (Å²) in [4.78, 5) is 12.9. The Kier molecular flexibility index (Phi) is 5.48. The number of benzene rings is 2. The lowest BCUT2D eigenvalue weighted by molar-refractivity contribution is 0.629. The van der Waals surface area contributed by atoms with E-state index in [1.807, 2.05) is 16.2 Å². The van der Waals surface area contributed by atoms with Gasteiger partial charge in [-0.15, -0.1) is 0 Å². The van der Waals surface area contributed by atoms with Gasteiger partial charge in [0.25, 0.3) is 0 Å². The van der Waals surface area contributed by atoms with Gasteiger partial charge in [-0.3, -0.25) is 5.41 Å². The van der Waals surface area contributed by atoms with Crippen LogP contribution in [0.3, 0.4) is 0 Å². The third-order valence-electron chi connectivity index (χ3n) is 5.73. The van der Waals surface area contributed by atoms with Crippen molar-refractivity contribution in [1.29, 1.82) is 5.41 Å². The van der Waals surface area contributed by atoms with Crippen LogP contribution in [0.4, 0.5) is 8.78 Å². The van der Waals surface area contributed by atoms with E-state index in [0.717, 1.165) is 17.5 Å². The standard InChI is InChI=1S/C23H21F2N7OS/c1-30-11-17(15-9-13(24)3-5-18(15)30)21-28-29-23(33)32(21)20-12-31(7-2-8-34-22(26)27)19-6-4-14(25)10-16(19)20/h3-6,9-12H,2,7-8H2,1H3,(H3,26,27)(H,29,33). The van der Waals surface area contributed by atoms with Gasteiger partial charge in [0.15, 0.2) is 11.0 Å². The minimum Gasteiger partial charge on any atom is -0.379 e. The summed E-state index contributed by atoms with van der Waals surface area (Å²) in [6, 6.07) is 8.89. The smallest absolute Gasteiger partial charge is 0.348 e. The Balaban J connectivity index is 1.67. The Morgan fingerprint density at radius 1 is 1.12 bits per heavy atom. The maximum atomic E-state index is 14.2. The van der Waals surface area contributed by atoms with Crippen molar-refractivity contribution in [2.75, 3.05) is 5.75 Å². The predicted octanol–water partition coefficient (Wildman–Crippen LogP) is 3.97. The molecule has 34 heavy (non-hydrogen) atoms. The van der Waals surface area contributed by atoms with E-state index in [2.05, 4.69) is 10.2 Å². The molecule has 8 nitrogen and oxygen atoms in total. The first-order valence-electron chi connectivity index (χ1n) is 10.5. The van der Waals surface area contributed by atoms with Gasteiger partial charge in [-0.05, 0) is 42.8 Å². The van der Waals surface area contributed by atoms with Crippen molar-refractivity contribution in [2.24, 2.45) is 12.8 Å². The number of amidine groups is 1. The maximum Gasteiger partial charge on any atom is 0.348 e. The predicted molar refractivity (Wildman–Crippen MR) is 130 cm³/mol. The first-order chi connectivity index (χ1) is 16.3. The molecule has 0 aliphatic heterocycles. The molecule has 3 aromatic heterocycles. The molecular formula is C23H21F2N7OS. The Bertz CT molecular complexity index is 1610. The Hall–Kier alpha value is -3.86. The van der Waals surface area contributed by atoms with E-state index in [4.69, 9.17) is 11.1 Å². The minimum atomic E-state index is -0.487. The molecule has 0 bridgehead atoms. The van der Waals surface area contributed by atoms with E-state index in [-0.39, 0.29) is 5.17 Å². The van der Waals surface area contributed by atoms with Crippen molar-refractivity contribution in [3.8, 4) is 17.1 Å². The number of aromatic nitrogens is 5. The number of halogens is 2. The fraction of sp³-hybridized carbons (Fsp3) is 0.174. The summed E-state index contributed by atoms with van der Waals surface area (Å²) in [6.45, 7) is 0.587. The highest BCUT2D eigenvalue weighted by atomic mass is 32.2. The van der Waals surface area contributed by atoms with Gasteiger partial charge in [-0.2, -0.15) is 5.10 Å². The van der Waals surface area contributed by atoms with Crippen molar-refractivity contribution < 1.29 is 8.78 Å². The molecule has 0 unspecified atom stereocenters. The molecule has 0 atom stereocenters. The van der Waals surface area contributed by atoms with Gasteiger partial charge >= 0.3 is 5.69 Å². The Labute approximate surface area is 196 Å². The molecular weight excluding hydrogens is 460 g/mol. The van der Waals surface area contributed by atoms with Crippen LogP contribution in [0.1, 0.15) is 6.42 Å². The molecule has 2 aromatic carbocycles. The lowest BCUT2D eigenvalue weighted by Crippen LogP contribution is -2.15. The highest BCUT2D eigenvalue weighted by Crippen LogP contribution is 2.33. The molecule has 0 aliphatic carbocycles. The van der Waals surface area contributed by atoms with Crippen LogP contribution < -0.4 is 11.4 Å². The number of nitrogens with zero attached hydrogens (tertiary/aromatic N) is 4. The van der Waals surface area contributed by atoms with E-state index < -0.39 is 17.3 Å². The van der Waals surface area contributed by atoms with E-state index in [0.29, 0.717) is 40.1 Å². The van der Waals surface area contributed by atoms with Gasteiger partial charge < -0.3 is 14.9 Å². The molecule has 0 radical (unpaired) electrons. The number of hydrogen-bond acceptors (Lipinski definition) is 4. The average molecular weight is 482 g/mol. The topological polar surface area (TPSA) is 110 Å². The second kappa shape index (κ2) is 8.49. The summed E-state index contributed by atoms with van der Waals surface area (Å²) in [6.07, 6.45) is 4.30. The number of thioether (sulfide) groups is 1. The molecule has 0 saturated carbocycles. The van der Waals surface area contributed by atoms with Crippen molar-refractivity contribution >= 4 is 38.7 Å². The molecule has 0 saturated heterocycles. The van der Waals surface area contributed by atoms with Crippen LogP contribution in [0.25, 0.3) is 38.9 Å². The molecule has 11 heteroatoms. The summed E-state index contributed by atoms with van der Waals surface area (Å²) < 4.78 is 33.5. The van der Waals surface area contributed by atoms with Crippen molar-refractivity contribution in [2.45, 2.75) is 13.0 Å². The van der Waals surface area contributed by atoms with Gasteiger partial charge in [-0.25, -0.2) is 23.2 Å². The molecule has 5 aromatic rings. The summed E-state index contributed by atoms with van der Waals surface area (Å²) in [5.74, 6) is 0.136. The minimum absolute atomic E-state index is 0.0567. The number of aryl methyl sites for hydroxylation is 2. The number of nitrogens with two attached hydrogens (primary N) is 1. The number of aromatic amines is 1. The van der Waals surface area contributed by atoms with Crippen LogP contribution in [-0.4, -0.2) is 34.8 Å². The van der Waals surface area contributed by atoms with E-state index in [1.165, 1.54) is 40.6 Å². The number of fused-ring (bicyclic) bond motifs is 2. The fourth-order valence-corrected chi connectivity index (χ4v) is 4.77. The van der Waals surface area contributed by atoms with Crippen molar-refractivity contribution in [1.82, 2.24) is 23.9 Å². The van der Waals surface area contributed by atoms with Crippen LogP contribution >= 0.6 is 11.8 Å². The van der Waals surface area contributed by atoms with Gasteiger partial charge in [0.05, 0.1) is 11.2 Å². The zero-order chi connectivity index (χ0) is 24.0. The molecule has 0 amide bonds. The number of hydrogen-bond donors (Lipinski definition) is 3.